The number of carbonyl (C=O) groups excluding carboxylic acids is 3. The van der Waals surface area contributed by atoms with E-state index in [2.05, 4.69) is 20.5 Å². The average molecular weight is 448 g/mol. The molecule has 3 heterocycles. The summed E-state index contributed by atoms with van der Waals surface area (Å²) in [6.45, 7) is 1.93. The fourth-order valence-electron chi connectivity index (χ4n) is 3.33. The molecule has 1 aromatic carbocycles. The Morgan fingerprint density at radius 2 is 1.67 bits per heavy atom. The zero-order valence-corrected chi connectivity index (χ0v) is 18.3. The van der Waals surface area contributed by atoms with Gasteiger partial charge in [0.15, 0.2) is 11.3 Å². The van der Waals surface area contributed by atoms with E-state index in [-0.39, 0.29) is 22.5 Å². The van der Waals surface area contributed by atoms with Crippen molar-refractivity contribution in [1.29, 1.82) is 0 Å². The van der Waals surface area contributed by atoms with Gasteiger partial charge in [0.2, 0.25) is 0 Å². The molecule has 11 nitrogen and oxygen atoms in total. The van der Waals surface area contributed by atoms with E-state index < -0.39 is 17.8 Å². The lowest BCUT2D eigenvalue weighted by atomic mass is 10.1. The fourth-order valence-corrected chi connectivity index (χ4v) is 3.33. The smallest absolute Gasteiger partial charge is 0.337 e. The van der Waals surface area contributed by atoms with Crippen LogP contribution in [0, 0.1) is 6.92 Å². The summed E-state index contributed by atoms with van der Waals surface area (Å²) in [5.41, 5.74) is 3.46. The zero-order chi connectivity index (χ0) is 23.7. The van der Waals surface area contributed by atoms with Gasteiger partial charge in [0.25, 0.3) is 5.91 Å². The molecule has 0 aliphatic carbocycles. The summed E-state index contributed by atoms with van der Waals surface area (Å²) >= 11 is 0. The third kappa shape index (κ3) is 4.03. The average Bonchev–Trinajstić information content (AvgIpc) is 3.41. The summed E-state index contributed by atoms with van der Waals surface area (Å²) < 4.78 is 12.7. The number of anilines is 1. The number of nitrogens with one attached hydrogen (secondary N) is 1. The van der Waals surface area contributed by atoms with Crippen LogP contribution in [0.4, 0.5) is 5.69 Å². The van der Waals surface area contributed by atoms with E-state index in [9.17, 15) is 14.4 Å². The summed E-state index contributed by atoms with van der Waals surface area (Å²) in [6.07, 6.45) is 3.35. The fraction of sp³-hybridized carbons (Fsp3) is 0.182. The molecule has 168 valence electrons. The van der Waals surface area contributed by atoms with Crippen LogP contribution in [-0.2, 0) is 16.5 Å². The molecular weight excluding hydrogens is 428 g/mol. The number of ether oxygens (including phenoxy) is 2. The molecule has 0 atom stereocenters. The number of methoxy groups -OCH3 is 2. The number of hydrogen-bond donors (Lipinski definition) is 1. The van der Waals surface area contributed by atoms with Crippen LogP contribution >= 0.6 is 0 Å². The highest BCUT2D eigenvalue weighted by molar-refractivity contribution is 6.05. The Kier molecular flexibility index (Phi) is 5.61. The number of fused-ring (bicyclic) bond motifs is 1. The quantitative estimate of drug-likeness (QED) is 0.460. The van der Waals surface area contributed by atoms with Gasteiger partial charge < -0.3 is 14.8 Å². The van der Waals surface area contributed by atoms with Crippen LogP contribution in [0.1, 0.15) is 36.9 Å². The SMILES string of the molecule is COC(=O)c1cc(NC(=O)c2cc3nccc(-c4cnn(C)c4C)n3n2)cc(C(=O)OC)c1. The molecule has 4 aromatic rings. The van der Waals surface area contributed by atoms with E-state index in [1.54, 1.807) is 27.7 Å². The lowest BCUT2D eigenvalue weighted by molar-refractivity contribution is 0.0599. The van der Waals surface area contributed by atoms with Crippen molar-refractivity contribution in [3.63, 3.8) is 0 Å². The van der Waals surface area contributed by atoms with Crippen molar-refractivity contribution in [3.8, 4) is 11.3 Å². The molecule has 3 aromatic heterocycles. The van der Waals surface area contributed by atoms with Gasteiger partial charge in [-0.05, 0) is 31.2 Å². The van der Waals surface area contributed by atoms with Crippen LogP contribution in [-0.4, -0.2) is 56.4 Å². The number of rotatable bonds is 5. The number of carbonyl (C=O) groups is 3. The predicted molar refractivity (Wildman–Crippen MR) is 117 cm³/mol. The number of aryl methyl sites for hydroxylation is 1. The first-order chi connectivity index (χ1) is 15.8. The lowest BCUT2D eigenvalue weighted by Gasteiger charge is -2.08. The molecule has 33 heavy (non-hydrogen) atoms. The lowest BCUT2D eigenvalue weighted by Crippen LogP contribution is -2.15. The van der Waals surface area contributed by atoms with Gasteiger partial charge >= 0.3 is 11.9 Å². The topological polar surface area (TPSA) is 130 Å². The van der Waals surface area contributed by atoms with Crippen LogP contribution < -0.4 is 5.32 Å². The second-order valence-electron chi connectivity index (χ2n) is 7.13. The number of benzene rings is 1. The van der Waals surface area contributed by atoms with E-state index in [1.165, 1.54) is 38.5 Å². The number of nitrogens with zero attached hydrogens (tertiary/aromatic N) is 5. The summed E-state index contributed by atoms with van der Waals surface area (Å²) in [5, 5.41) is 11.3. The van der Waals surface area contributed by atoms with E-state index >= 15 is 0 Å². The van der Waals surface area contributed by atoms with E-state index in [0.717, 1.165) is 17.0 Å². The van der Waals surface area contributed by atoms with Gasteiger partial charge in [0, 0.05) is 36.3 Å². The molecule has 4 rings (SSSR count). The van der Waals surface area contributed by atoms with Crippen LogP contribution in [0.3, 0.4) is 0 Å². The molecule has 0 aliphatic rings. The van der Waals surface area contributed by atoms with Gasteiger partial charge in [0.1, 0.15) is 0 Å². The minimum absolute atomic E-state index is 0.0849. The normalized spacial score (nSPS) is 10.8. The molecule has 0 saturated heterocycles. The highest BCUT2D eigenvalue weighted by atomic mass is 16.5. The van der Waals surface area contributed by atoms with Gasteiger partial charge in [-0.2, -0.15) is 10.2 Å². The molecule has 0 unspecified atom stereocenters. The number of esters is 2. The van der Waals surface area contributed by atoms with Crippen LogP contribution in [0.2, 0.25) is 0 Å². The third-order valence-electron chi connectivity index (χ3n) is 5.13. The number of amides is 1. The van der Waals surface area contributed by atoms with Crippen molar-refractivity contribution >= 4 is 29.2 Å². The summed E-state index contributed by atoms with van der Waals surface area (Å²) in [5.74, 6) is -1.87. The monoisotopic (exact) mass is 448 g/mol. The number of aromatic nitrogens is 5. The summed E-state index contributed by atoms with van der Waals surface area (Å²) in [4.78, 5) is 41.2. The van der Waals surface area contributed by atoms with Crippen molar-refractivity contribution in [2.45, 2.75) is 6.92 Å². The second-order valence-corrected chi connectivity index (χ2v) is 7.13. The minimum Gasteiger partial charge on any atom is -0.465 e. The summed E-state index contributed by atoms with van der Waals surface area (Å²) in [7, 11) is 4.28. The first kappa shape index (κ1) is 21.7. The van der Waals surface area contributed by atoms with Crippen LogP contribution in [0.25, 0.3) is 16.9 Å². The molecule has 0 spiro atoms. The van der Waals surface area contributed by atoms with Crippen LogP contribution in [0.15, 0.2) is 42.7 Å². The maximum Gasteiger partial charge on any atom is 0.337 e. The Bertz CT molecular complexity index is 1370. The summed E-state index contributed by atoms with van der Waals surface area (Å²) in [6, 6.07) is 7.44. The Morgan fingerprint density at radius 3 is 2.24 bits per heavy atom. The van der Waals surface area contributed by atoms with Gasteiger partial charge in [-0.3, -0.25) is 9.48 Å². The van der Waals surface area contributed by atoms with E-state index in [0.29, 0.717) is 5.65 Å². The molecule has 0 fully saturated rings. The standard InChI is InChI=1S/C22H20N6O5/c1-12-16(11-24-27(12)2)18-5-6-23-19-10-17(26-28(18)19)20(29)25-15-8-13(21(30)32-3)7-14(9-15)22(31)33-4/h5-11H,1-4H3,(H,25,29). The largest absolute Gasteiger partial charge is 0.465 e. The van der Waals surface area contributed by atoms with Gasteiger partial charge in [-0.1, -0.05) is 0 Å². The molecule has 0 aliphatic heterocycles. The van der Waals surface area contributed by atoms with Crippen molar-refractivity contribution in [2.24, 2.45) is 7.05 Å². The van der Waals surface area contributed by atoms with E-state index in [4.69, 9.17) is 9.47 Å². The first-order valence-electron chi connectivity index (χ1n) is 9.79. The van der Waals surface area contributed by atoms with Gasteiger partial charge in [0.05, 0.1) is 37.2 Å². The van der Waals surface area contributed by atoms with Crippen molar-refractivity contribution in [2.75, 3.05) is 19.5 Å². The first-order valence-corrected chi connectivity index (χ1v) is 9.79. The maximum atomic E-state index is 12.9. The molecule has 0 bridgehead atoms. The Balaban J connectivity index is 1.70. The van der Waals surface area contributed by atoms with Crippen molar-refractivity contribution in [3.05, 3.63) is 65.2 Å². The third-order valence-corrected chi connectivity index (χ3v) is 5.13. The van der Waals surface area contributed by atoms with Crippen LogP contribution in [0.5, 0.6) is 0 Å². The zero-order valence-electron chi connectivity index (χ0n) is 18.3. The van der Waals surface area contributed by atoms with E-state index in [1.807, 2.05) is 14.0 Å². The Labute approximate surface area is 187 Å². The Hall–Kier alpha value is -4.54. The Morgan fingerprint density at radius 1 is 1.00 bits per heavy atom. The van der Waals surface area contributed by atoms with Gasteiger partial charge in [-0.15, -0.1) is 0 Å². The maximum absolute atomic E-state index is 12.9. The molecule has 11 heteroatoms. The van der Waals surface area contributed by atoms with Crippen molar-refractivity contribution < 1.29 is 23.9 Å². The highest BCUT2D eigenvalue weighted by Crippen LogP contribution is 2.23. The molecular formula is C22H20N6O5. The minimum atomic E-state index is -0.662. The molecule has 1 amide bonds. The second kappa shape index (κ2) is 8.54. The molecule has 0 radical (unpaired) electrons. The van der Waals surface area contributed by atoms with Crippen molar-refractivity contribution in [1.82, 2.24) is 24.4 Å². The molecule has 0 saturated carbocycles. The number of hydrogen-bond acceptors (Lipinski definition) is 8. The highest BCUT2D eigenvalue weighted by Gasteiger charge is 2.19. The van der Waals surface area contributed by atoms with Gasteiger partial charge in [-0.25, -0.2) is 19.1 Å². The molecule has 1 N–H and O–H groups in total. The predicted octanol–water partition coefficient (Wildman–Crippen LogP) is 2.26.